The van der Waals surface area contributed by atoms with Crippen LogP contribution in [-0.4, -0.2) is 23.9 Å². The van der Waals surface area contributed by atoms with Gasteiger partial charge < -0.3 is 14.6 Å². The number of benzene rings is 4. The lowest BCUT2D eigenvalue weighted by atomic mass is 9.94. The summed E-state index contributed by atoms with van der Waals surface area (Å²) >= 11 is 0. The summed E-state index contributed by atoms with van der Waals surface area (Å²) in [6.07, 6.45) is 0. The van der Waals surface area contributed by atoms with Crippen LogP contribution in [0.15, 0.2) is 103 Å². The molecule has 1 fully saturated rings. The van der Waals surface area contributed by atoms with Crippen molar-refractivity contribution in [2.24, 2.45) is 0 Å². The first kappa shape index (κ1) is 24.8. The first-order chi connectivity index (χ1) is 18.4. The van der Waals surface area contributed by atoms with Crippen molar-refractivity contribution in [2.75, 3.05) is 12.0 Å². The van der Waals surface area contributed by atoms with Crippen LogP contribution in [0.3, 0.4) is 0 Å². The number of rotatable bonds is 6. The molecule has 1 aliphatic rings. The summed E-state index contributed by atoms with van der Waals surface area (Å²) < 4.78 is 11.4. The molecule has 1 saturated heterocycles. The molecule has 38 heavy (non-hydrogen) atoms. The molecular weight excluding hydrogens is 478 g/mol. The van der Waals surface area contributed by atoms with E-state index < -0.39 is 17.7 Å². The van der Waals surface area contributed by atoms with Gasteiger partial charge in [-0.25, -0.2) is 0 Å². The van der Waals surface area contributed by atoms with Gasteiger partial charge in [0.05, 0.1) is 18.7 Å². The molecule has 0 radical (unpaired) electrons. The Morgan fingerprint density at radius 3 is 2.21 bits per heavy atom. The van der Waals surface area contributed by atoms with Crippen LogP contribution in [0, 0.1) is 13.8 Å². The van der Waals surface area contributed by atoms with Gasteiger partial charge in [-0.05, 0) is 79.1 Å². The van der Waals surface area contributed by atoms with Gasteiger partial charge in [0.25, 0.3) is 11.7 Å². The third kappa shape index (κ3) is 4.52. The quantitative estimate of drug-likeness (QED) is 0.179. The first-order valence-corrected chi connectivity index (χ1v) is 12.2. The standard InChI is InChI=1S/C32H27NO5/c1-20-10-7-8-15-26(20)33-29(22-11-9-14-25(19-22)38-24-12-5-4-6-13-24)28(31(35)32(33)36)30(34)23-16-17-27(37-3)21(2)18-23/h4-19,29,34H,1-3H3/b30-28+. The molecular formula is C32H27NO5. The summed E-state index contributed by atoms with van der Waals surface area (Å²) in [6.45, 7) is 3.73. The van der Waals surface area contributed by atoms with E-state index in [0.29, 0.717) is 34.1 Å². The minimum atomic E-state index is -0.863. The Morgan fingerprint density at radius 2 is 1.50 bits per heavy atom. The molecule has 1 amide bonds. The molecule has 6 nitrogen and oxygen atoms in total. The minimum Gasteiger partial charge on any atom is -0.507 e. The number of anilines is 1. The molecule has 1 heterocycles. The number of hydrogen-bond acceptors (Lipinski definition) is 5. The number of amides is 1. The highest BCUT2D eigenvalue weighted by Crippen LogP contribution is 2.44. The molecule has 0 aromatic heterocycles. The van der Waals surface area contributed by atoms with Crippen LogP contribution in [0.4, 0.5) is 5.69 Å². The number of ketones is 1. The van der Waals surface area contributed by atoms with Gasteiger partial charge >= 0.3 is 0 Å². The average Bonchev–Trinajstić information content (AvgIpc) is 3.19. The Kier molecular flexibility index (Phi) is 6.71. The fourth-order valence-electron chi connectivity index (χ4n) is 4.78. The SMILES string of the molecule is COc1ccc(/C(O)=C2\C(=O)C(=O)N(c3ccccc3C)C2c2cccc(Oc3ccccc3)c2)cc1C. The van der Waals surface area contributed by atoms with E-state index in [2.05, 4.69) is 0 Å². The molecule has 1 atom stereocenters. The van der Waals surface area contributed by atoms with Gasteiger partial charge in [0.15, 0.2) is 0 Å². The number of hydrogen-bond donors (Lipinski definition) is 1. The second-order valence-electron chi connectivity index (χ2n) is 9.13. The van der Waals surface area contributed by atoms with E-state index in [9.17, 15) is 14.7 Å². The third-order valence-electron chi connectivity index (χ3n) is 6.64. The van der Waals surface area contributed by atoms with Gasteiger partial charge in [0.1, 0.15) is 23.0 Å². The van der Waals surface area contributed by atoms with Crippen molar-refractivity contribution >= 4 is 23.1 Å². The maximum Gasteiger partial charge on any atom is 0.300 e. The minimum absolute atomic E-state index is 0.0136. The number of aliphatic hydroxyl groups excluding tert-OH is 1. The molecule has 1 unspecified atom stereocenters. The highest BCUT2D eigenvalue weighted by atomic mass is 16.5. The molecule has 0 saturated carbocycles. The maximum atomic E-state index is 13.5. The lowest BCUT2D eigenvalue weighted by molar-refractivity contribution is -0.132. The number of methoxy groups -OCH3 is 1. The van der Waals surface area contributed by atoms with Gasteiger partial charge in [-0.2, -0.15) is 0 Å². The number of aryl methyl sites for hydroxylation is 2. The van der Waals surface area contributed by atoms with E-state index in [4.69, 9.17) is 9.47 Å². The average molecular weight is 506 g/mol. The highest BCUT2D eigenvalue weighted by molar-refractivity contribution is 6.51. The fraction of sp³-hybridized carbons (Fsp3) is 0.125. The number of ether oxygens (including phenoxy) is 2. The van der Waals surface area contributed by atoms with Gasteiger partial charge in [0, 0.05) is 11.3 Å². The zero-order valence-electron chi connectivity index (χ0n) is 21.3. The van der Waals surface area contributed by atoms with Crippen LogP contribution < -0.4 is 14.4 Å². The smallest absolute Gasteiger partial charge is 0.300 e. The van der Waals surface area contributed by atoms with Crippen molar-refractivity contribution in [2.45, 2.75) is 19.9 Å². The number of carbonyl (C=O) groups excluding carboxylic acids is 2. The lowest BCUT2D eigenvalue weighted by Crippen LogP contribution is -2.30. The normalized spacial score (nSPS) is 16.5. The Morgan fingerprint density at radius 1 is 0.789 bits per heavy atom. The van der Waals surface area contributed by atoms with E-state index in [1.54, 1.807) is 37.4 Å². The predicted octanol–water partition coefficient (Wildman–Crippen LogP) is 6.73. The van der Waals surface area contributed by atoms with Crippen LogP contribution in [0.5, 0.6) is 17.2 Å². The molecule has 4 aromatic rings. The van der Waals surface area contributed by atoms with Gasteiger partial charge in [-0.1, -0.05) is 48.5 Å². The topological polar surface area (TPSA) is 76.1 Å². The number of aliphatic hydroxyl groups is 1. The molecule has 0 spiro atoms. The van der Waals surface area contributed by atoms with Crippen molar-refractivity contribution in [3.8, 4) is 17.2 Å². The van der Waals surface area contributed by atoms with Crippen LogP contribution in [0.2, 0.25) is 0 Å². The zero-order valence-corrected chi connectivity index (χ0v) is 21.3. The molecule has 0 aliphatic carbocycles. The van der Waals surface area contributed by atoms with Gasteiger partial charge in [-0.3, -0.25) is 14.5 Å². The van der Waals surface area contributed by atoms with E-state index in [-0.39, 0.29) is 11.3 Å². The Hall–Kier alpha value is -4.84. The number of Topliss-reactive ketones (excluding diaryl/α,β-unsaturated/α-hetero) is 1. The van der Waals surface area contributed by atoms with Gasteiger partial charge in [-0.15, -0.1) is 0 Å². The van der Waals surface area contributed by atoms with Crippen molar-refractivity contribution in [1.82, 2.24) is 0 Å². The van der Waals surface area contributed by atoms with Crippen molar-refractivity contribution in [3.05, 3.63) is 125 Å². The second-order valence-corrected chi connectivity index (χ2v) is 9.13. The zero-order chi connectivity index (χ0) is 26.8. The Balaban J connectivity index is 1.68. The fourth-order valence-corrected chi connectivity index (χ4v) is 4.78. The first-order valence-electron chi connectivity index (χ1n) is 12.2. The maximum absolute atomic E-state index is 13.5. The Bertz CT molecular complexity index is 1560. The van der Waals surface area contributed by atoms with E-state index >= 15 is 0 Å². The molecule has 0 bridgehead atoms. The largest absolute Gasteiger partial charge is 0.507 e. The summed E-state index contributed by atoms with van der Waals surface area (Å²) in [5.74, 6) is 0.161. The molecule has 1 aliphatic heterocycles. The molecule has 5 rings (SSSR count). The number of carbonyl (C=O) groups is 2. The molecule has 1 N–H and O–H groups in total. The molecule has 6 heteroatoms. The lowest BCUT2D eigenvalue weighted by Gasteiger charge is -2.27. The van der Waals surface area contributed by atoms with E-state index in [1.807, 2.05) is 80.6 Å². The molecule has 4 aromatic carbocycles. The van der Waals surface area contributed by atoms with Crippen molar-refractivity contribution in [1.29, 1.82) is 0 Å². The van der Waals surface area contributed by atoms with E-state index in [0.717, 1.165) is 11.1 Å². The Labute approximate surface area is 221 Å². The molecule has 190 valence electrons. The third-order valence-corrected chi connectivity index (χ3v) is 6.64. The van der Waals surface area contributed by atoms with Crippen LogP contribution in [0.25, 0.3) is 5.76 Å². The van der Waals surface area contributed by atoms with Crippen LogP contribution in [0.1, 0.15) is 28.3 Å². The van der Waals surface area contributed by atoms with Crippen molar-refractivity contribution in [3.63, 3.8) is 0 Å². The predicted molar refractivity (Wildman–Crippen MR) is 147 cm³/mol. The number of para-hydroxylation sites is 2. The second kappa shape index (κ2) is 10.3. The van der Waals surface area contributed by atoms with Crippen LogP contribution in [-0.2, 0) is 9.59 Å². The monoisotopic (exact) mass is 505 g/mol. The summed E-state index contributed by atoms with van der Waals surface area (Å²) in [5, 5.41) is 11.5. The number of nitrogens with zero attached hydrogens (tertiary/aromatic N) is 1. The summed E-state index contributed by atoms with van der Waals surface area (Å²) in [7, 11) is 1.57. The summed E-state index contributed by atoms with van der Waals surface area (Å²) in [6, 6.07) is 28.2. The van der Waals surface area contributed by atoms with E-state index in [1.165, 1.54) is 4.90 Å². The highest BCUT2D eigenvalue weighted by Gasteiger charge is 2.47. The summed E-state index contributed by atoms with van der Waals surface area (Å²) in [4.78, 5) is 28.5. The summed E-state index contributed by atoms with van der Waals surface area (Å²) in [5.41, 5.74) is 3.29. The van der Waals surface area contributed by atoms with Crippen LogP contribution >= 0.6 is 0 Å². The van der Waals surface area contributed by atoms with Gasteiger partial charge in [0.2, 0.25) is 0 Å². The van der Waals surface area contributed by atoms with Crippen molar-refractivity contribution < 1.29 is 24.2 Å².